The van der Waals surface area contributed by atoms with E-state index in [4.69, 9.17) is 5.73 Å². The lowest BCUT2D eigenvalue weighted by Gasteiger charge is -2.35. The van der Waals surface area contributed by atoms with Gasteiger partial charge in [-0.1, -0.05) is 24.3 Å². The van der Waals surface area contributed by atoms with Crippen LogP contribution in [0.25, 0.3) is 0 Å². The number of alkyl halides is 3. The van der Waals surface area contributed by atoms with E-state index in [-0.39, 0.29) is 18.1 Å². The smallest absolute Gasteiger partial charge is 0.330 e. The fourth-order valence-corrected chi connectivity index (χ4v) is 4.68. The Balaban J connectivity index is 1.36. The first-order valence-corrected chi connectivity index (χ1v) is 13.1. The number of benzene rings is 3. The number of rotatable bonds is 7. The number of urea groups is 1. The number of hydrogen-bond acceptors (Lipinski definition) is 6. The summed E-state index contributed by atoms with van der Waals surface area (Å²) in [5, 5.41) is 5.81. The maximum atomic E-state index is 13.5. The van der Waals surface area contributed by atoms with Gasteiger partial charge >= 0.3 is 12.2 Å². The molecular formula is C30H28F3N7O2. The van der Waals surface area contributed by atoms with Gasteiger partial charge in [0.25, 0.3) is 5.91 Å². The number of nitrogens with zero attached hydrogens (tertiary/aromatic N) is 4. The highest BCUT2D eigenvalue weighted by Gasteiger charge is 2.32. The number of aryl methyl sites for hydroxylation is 1. The monoisotopic (exact) mass is 575 g/mol. The standard InChI is InChI=1S/C30H28F3N7O2/c1-18-9-10-24(36-27(41)20-6-4-7-22(14-20)30(31,32)33)15-25(18)40-17-21-16-35-28(38-26(21)39(2)29(40)42)37-23-8-3-5-19(13-23)11-12-34/h3-10,13-16H,11-12,17,34H2,1-2H3,(H,36,41)(H,35,37,38). The van der Waals surface area contributed by atoms with Crippen LogP contribution in [0.2, 0.25) is 0 Å². The van der Waals surface area contributed by atoms with Gasteiger partial charge in [0.05, 0.1) is 17.8 Å². The summed E-state index contributed by atoms with van der Waals surface area (Å²) >= 11 is 0. The molecule has 3 aromatic carbocycles. The van der Waals surface area contributed by atoms with Crippen LogP contribution in [0.4, 0.5) is 46.8 Å². The fraction of sp³-hybridized carbons (Fsp3) is 0.200. The highest BCUT2D eigenvalue weighted by molar-refractivity contribution is 6.07. The molecule has 4 aromatic rings. The highest BCUT2D eigenvalue weighted by Crippen LogP contribution is 2.34. The number of anilines is 5. The maximum absolute atomic E-state index is 13.5. The first kappa shape index (κ1) is 28.6. The molecule has 0 bridgehead atoms. The van der Waals surface area contributed by atoms with Gasteiger partial charge in [0, 0.05) is 35.7 Å². The molecule has 0 saturated carbocycles. The molecule has 1 aliphatic rings. The van der Waals surface area contributed by atoms with Crippen molar-refractivity contribution in [2.24, 2.45) is 5.73 Å². The second kappa shape index (κ2) is 11.5. The van der Waals surface area contributed by atoms with Crippen LogP contribution < -0.4 is 26.2 Å². The largest absolute Gasteiger partial charge is 0.416 e. The van der Waals surface area contributed by atoms with Crippen LogP contribution in [0, 0.1) is 6.92 Å². The number of amides is 3. The first-order chi connectivity index (χ1) is 20.0. The van der Waals surface area contributed by atoms with E-state index >= 15 is 0 Å². The molecular weight excluding hydrogens is 547 g/mol. The number of nitrogens with two attached hydrogens (primary N) is 1. The van der Waals surface area contributed by atoms with E-state index in [1.807, 2.05) is 31.2 Å². The van der Waals surface area contributed by atoms with E-state index in [0.29, 0.717) is 35.2 Å². The second-order valence-electron chi connectivity index (χ2n) is 9.87. The predicted octanol–water partition coefficient (Wildman–Crippen LogP) is 5.88. The molecule has 2 heterocycles. The number of halogens is 3. The molecule has 5 rings (SSSR count). The van der Waals surface area contributed by atoms with Gasteiger partial charge in [-0.05, 0) is 73.5 Å². The van der Waals surface area contributed by atoms with Gasteiger partial charge in [0.2, 0.25) is 5.95 Å². The number of nitrogens with one attached hydrogen (secondary N) is 2. The minimum atomic E-state index is -4.57. The predicted molar refractivity (Wildman–Crippen MR) is 155 cm³/mol. The van der Waals surface area contributed by atoms with E-state index in [1.54, 1.807) is 31.4 Å². The van der Waals surface area contributed by atoms with Crippen molar-refractivity contribution in [3.63, 3.8) is 0 Å². The third kappa shape index (κ3) is 6.03. The average Bonchev–Trinajstić information content (AvgIpc) is 2.96. The summed E-state index contributed by atoms with van der Waals surface area (Å²) in [5.74, 6) is 0.0890. The van der Waals surface area contributed by atoms with Gasteiger partial charge in [-0.2, -0.15) is 18.2 Å². The molecule has 0 unspecified atom stereocenters. The van der Waals surface area contributed by atoms with Gasteiger partial charge in [-0.25, -0.2) is 9.78 Å². The van der Waals surface area contributed by atoms with E-state index in [0.717, 1.165) is 35.4 Å². The summed E-state index contributed by atoms with van der Waals surface area (Å²) in [6, 6.07) is 16.6. The van der Waals surface area contributed by atoms with E-state index in [1.165, 1.54) is 21.9 Å². The van der Waals surface area contributed by atoms with Gasteiger partial charge in [0.15, 0.2) is 0 Å². The van der Waals surface area contributed by atoms with E-state index in [2.05, 4.69) is 20.6 Å². The normalized spacial score (nSPS) is 13.1. The number of carbonyl (C=O) groups is 2. The van der Waals surface area contributed by atoms with Crippen LogP contribution in [-0.4, -0.2) is 35.5 Å². The molecule has 1 aromatic heterocycles. The van der Waals surface area contributed by atoms with Crippen LogP contribution in [-0.2, 0) is 19.1 Å². The summed E-state index contributed by atoms with van der Waals surface area (Å²) in [5.41, 5.74) is 8.80. The quantitative estimate of drug-likeness (QED) is 0.254. The molecule has 0 atom stereocenters. The van der Waals surface area contributed by atoms with E-state index < -0.39 is 17.6 Å². The van der Waals surface area contributed by atoms with Crippen molar-refractivity contribution in [2.75, 3.05) is 34.0 Å². The Bertz CT molecular complexity index is 1660. The molecule has 4 N–H and O–H groups in total. The van der Waals surface area contributed by atoms with Gasteiger partial charge in [-0.15, -0.1) is 0 Å². The number of fused-ring (bicyclic) bond motifs is 1. The Morgan fingerprint density at radius 1 is 1.05 bits per heavy atom. The molecule has 0 saturated heterocycles. The lowest BCUT2D eigenvalue weighted by atomic mass is 10.1. The van der Waals surface area contributed by atoms with Crippen molar-refractivity contribution < 1.29 is 22.8 Å². The molecule has 0 radical (unpaired) electrons. The summed E-state index contributed by atoms with van der Waals surface area (Å²) in [6.45, 7) is 2.53. The minimum Gasteiger partial charge on any atom is -0.330 e. The molecule has 0 spiro atoms. The molecule has 12 heteroatoms. The van der Waals surface area contributed by atoms with Crippen LogP contribution in [0.1, 0.15) is 32.6 Å². The zero-order chi connectivity index (χ0) is 30.0. The molecule has 42 heavy (non-hydrogen) atoms. The Morgan fingerprint density at radius 2 is 1.83 bits per heavy atom. The van der Waals surface area contributed by atoms with Crippen LogP contribution in [0.5, 0.6) is 0 Å². The molecule has 9 nitrogen and oxygen atoms in total. The third-order valence-corrected chi connectivity index (χ3v) is 6.83. The van der Waals surface area contributed by atoms with Gasteiger partial charge in [0.1, 0.15) is 5.82 Å². The Hall–Kier alpha value is -4.97. The Kier molecular flexibility index (Phi) is 7.81. The molecule has 0 aliphatic carbocycles. The molecule has 0 fully saturated rings. The van der Waals surface area contributed by atoms with Crippen molar-refractivity contribution in [3.05, 3.63) is 101 Å². The zero-order valence-electron chi connectivity index (χ0n) is 22.9. The number of carbonyl (C=O) groups excluding carboxylic acids is 2. The molecule has 1 aliphatic heterocycles. The maximum Gasteiger partial charge on any atom is 0.416 e. The Labute approximate surface area is 240 Å². The minimum absolute atomic E-state index is 0.137. The second-order valence-corrected chi connectivity index (χ2v) is 9.87. The van der Waals surface area contributed by atoms with E-state index in [9.17, 15) is 22.8 Å². The molecule has 216 valence electrons. The van der Waals surface area contributed by atoms with Crippen molar-refractivity contribution in [2.45, 2.75) is 26.1 Å². The summed E-state index contributed by atoms with van der Waals surface area (Å²) in [4.78, 5) is 38.2. The fourth-order valence-electron chi connectivity index (χ4n) is 4.68. The van der Waals surface area contributed by atoms with Gasteiger partial charge in [-0.3, -0.25) is 14.6 Å². The SMILES string of the molecule is Cc1ccc(NC(=O)c2cccc(C(F)(F)F)c2)cc1N1Cc2cnc(Nc3cccc(CCN)c3)nc2N(C)C1=O. The van der Waals surface area contributed by atoms with Crippen molar-refractivity contribution in [1.29, 1.82) is 0 Å². The topological polar surface area (TPSA) is 116 Å². The summed E-state index contributed by atoms with van der Waals surface area (Å²) in [7, 11) is 1.61. The summed E-state index contributed by atoms with van der Waals surface area (Å²) < 4.78 is 39.3. The molecule has 3 amide bonds. The van der Waals surface area contributed by atoms with Gasteiger partial charge < -0.3 is 16.4 Å². The lowest BCUT2D eigenvalue weighted by Crippen LogP contribution is -2.46. The highest BCUT2D eigenvalue weighted by atomic mass is 19.4. The summed E-state index contributed by atoms with van der Waals surface area (Å²) in [6.07, 6.45) is -2.18. The first-order valence-electron chi connectivity index (χ1n) is 13.1. The van der Waals surface area contributed by atoms with Crippen LogP contribution >= 0.6 is 0 Å². The van der Waals surface area contributed by atoms with Crippen molar-refractivity contribution >= 4 is 40.8 Å². The van der Waals surface area contributed by atoms with Crippen molar-refractivity contribution in [3.8, 4) is 0 Å². The number of aromatic nitrogens is 2. The van der Waals surface area contributed by atoms with Crippen LogP contribution in [0.15, 0.2) is 72.9 Å². The lowest BCUT2D eigenvalue weighted by molar-refractivity contribution is -0.137. The Morgan fingerprint density at radius 3 is 2.60 bits per heavy atom. The average molecular weight is 576 g/mol. The van der Waals surface area contributed by atoms with Crippen molar-refractivity contribution in [1.82, 2.24) is 9.97 Å². The third-order valence-electron chi connectivity index (χ3n) is 6.83. The number of hydrogen-bond donors (Lipinski definition) is 3. The van der Waals surface area contributed by atoms with Crippen LogP contribution in [0.3, 0.4) is 0 Å². The zero-order valence-corrected chi connectivity index (χ0v) is 22.9.